The molecule has 52 heavy (non-hydrogen) atoms. The molecule has 3 aromatic heterocycles. The molecule has 0 N–H and O–H groups in total. The lowest BCUT2D eigenvalue weighted by atomic mass is 10.1. The van der Waals surface area contributed by atoms with E-state index in [9.17, 15) is 0 Å². The van der Waals surface area contributed by atoms with Crippen molar-refractivity contribution < 1.29 is 0 Å². The molecular weight excluding hydrogens is 633 g/mol. The maximum absolute atomic E-state index is 4.88. The molecule has 3 heterocycles. The Morgan fingerprint density at radius 3 is 1.35 bits per heavy atom. The highest BCUT2D eigenvalue weighted by atomic mass is 15.0. The fourth-order valence-electron chi connectivity index (χ4n) is 7.45. The van der Waals surface area contributed by atoms with Crippen molar-refractivity contribution in [1.82, 2.24) is 19.1 Å². The first kappa shape index (κ1) is 29.7. The Bertz CT molecular complexity index is 2900. The van der Waals surface area contributed by atoms with Gasteiger partial charge in [-0.25, -0.2) is 9.97 Å². The molecule has 0 aliphatic rings. The first-order valence-corrected chi connectivity index (χ1v) is 17.4. The van der Waals surface area contributed by atoms with Gasteiger partial charge in [0.25, 0.3) is 0 Å². The third kappa shape index (κ3) is 5.04. The van der Waals surface area contributed by atoms with Crippen LogP contribution in [0.25, 0.3) is 77.5 Å². The Morgan fingerprint density at radius 2 is 0.808 bits per heavy atom. The molecule has 0 atom stereocenters. The van der Waals surface area contributed by atoms with Gasteiger partial charge in [-0.05, 0) is 66.6 Å². The molecule has 0 aliphatic carbocycles. The SMILES string of the molecule is C(#Cc1nc(-c2ccccc2)cc(-c2ccccc2)n1)c1ccc2c(c1)c1ccccc1n2-c1cccc(-n2c3ccccc3c3ccccc32)c1. The van der Waals surface area contributed by atoms with Crippen molar-refractivity contribution in [2.45, 2.75) is 0 Å². The summed E-state index contributed by atoms with van der Waals surface area (Å²) in [6.45, 7) is 0. The third-order valence-electron chi connectivity index (χ3n) is 9.78. The zero-order valence-electron chi connectivity index (χ0n) is 28.1. The van der Waals surface area contributed by atoms with E-state index in [1.165, 1.54) is 27.2 Å². The highest BCUT2D eigenvalue weighted by molar-refractivity contribution is 6.10. The number of benzene rings is 7. The summed E-state index contributed by atoms with van der Waals surface area (Å²) in [6, 6.07) is 63.6. The Hall–Kier alpha value is -7.22. The van der Waals surface area contributed by atoms with Gasteiger partial charge < -0.3 is 9.13 Å². The molecule has 4 nitrogen and oxygen atoms in total. The third-order valence-corrected chi connectivity index (χ3v) is 9.78. The van der Waals surface area contributed by atoms with E-state index in [0.717, 1.165) is 55.9 Å². The number of aromatic nitrogens is 4. The monoisotopic (exact) mass is 662 g/mol. The van der Waals surface area contributed by atoms with E-state index in [1.807, 2.05) is 42.5 Å². The van der Waals surface area contributed by atoms with E-state index in [4.69, 9.17) is 9.97 Å². The van der Waals surface area contributed by atoms with Gasteiger partial charge in [0.2, 0.25) is 5.82 Å². The van der Waals surface area contributed by atoms with Crippen LogP contribution in [-0.4, -0.2) is 19.1 Å². The summed E-state index contributed by atoms with van der Waals surface area (Å²) in [5, 5.41) is 4.83. The van der Waals surface area contributed by atoms with Gasteiger partial charge in [-0.2, -0.15) is 0 Å². The molecule has 0 bridgehead atoms. The van der Waals surface area contributed by atoms with Gasteiger partial charge in [0.1, 0.15) is 0 Å². The molecule has 0 fully saturated rings. The molecule has 10 aromatic rings. The maximum Gasteiger partial charge on any atom is 0.206 e. The van der Waals surface area contributed by atoms with Gasteiger partial charge in [-0.1, -0.05) is 127 Å². The van der Waals surface area contributed by atoms with Crippen LogP contribution in [0.15, 0.2) is 182 Å². The van der Waals surface area contributed by atoms with Crippen molar-refractivity contribution in [3.63, 3.8) is 0 Å². The van der Waals surface area contributed by atoms with Crippen molar-refractivity contribution in [3.05, 3.63) is 193 Å². The average molecular weight is 663 g/mol. The van der Waals surface area contributed by atoms with Gasteiger partial charge in [0.05, 0.1) is 33.5 Å². The van der Waals surface area contributed by atoms with E-state index >= 15 is 0 Å². The van der Waals surface area contributed by atoms with Gasteiger partial charge in [-0.15, -0.1) is 0 Å². The van der Waals surface area contributed by atoms with Gasteiger partial charge in [-0.3, -0.25) is 0 Å². The lowest BCUT2D eigenvalue weighted by Crippen LogP contribution is -1.98. The number of hydrogen-bond acceptors (Lipinski definition) is 2. The Balaban J connectivity index is 1.09. The van der Waals surface area contributed by atoms with Crippen LogP contribution in [0.2, 0.25) is 0 Å². The van der Waals surface area contributed by atoms with Crippen molar-refractivity contribution in [1.29, 1.82) is 0 Å². The molecule has 0 unspecified atom stereocenters. The summed E-state index contributed by atoms with van der Waals surface area (Å²) in [5.74, 6) is 7.19. The van der Waals surface area contributed by atoms with Crippen LogP contribution >= 0.6 is 0 Å². The summed E-state index contributed by atoms with van der Waals surface area (Å²) in [6.07, 6.45) is 0. The molecule has 0 aliphatic heterocycles. The van der Waals surface area contributed by atoms with Crippen LogP contribution in [0.3, 0.4) is 0 Å². The molecule has 0 saturated heterocycles. The quantitative estimate of drug-likeness (QED) is 0.176. The second-order valence-electron chi connectivity index (χ2n) is 12.9. The molecule has 4 heteroatoms. The van der Waals surface area contributed by atoms with Gasteiger partial charge >= 0.3 is 0 Å². The number of nitrogens with zero attached hydrogens (tertiary/aromatic N) is 4. The van der Waals surface area contributed by atoms with Crippen LogP contribution in [0.5, 0.6) is 0 Å². The van der Waals surface area contributed by atoms with Crippen LogP contribution in [0.4, 0.5) is 0 Å². The largest absolute Gasteiger partial charge is 0.309 e. The number of rotatable bonds is 4. The second kappa shape index (κ2) is 12.3. The highest BCUT2D eigenvalue weighted by Gasteiger charge is 2.16. The van der Waals surface area contributed by atoms with Crippen LogP contribution in [0.1, 0.15) is 11.4 Å². The van der Waals surface area contributed by atoms with E-state index in [2.05, 4.69) is 161 Å². The molecule has 242 valence electrons. The lowest BCUT2D eigenvalue weighted by molar-refractivity contribution is 1.13. The zero-order valence-corrected chi connectivity index (χ0v) is 28.1. The summed E-state index contributed by atoms with van der Waals surface area (Å²) in [7, 11) is 0. The number of hydrogen-bond donors (Lipinski definition) is 0. The van der Waals surface area contributed by atoms with Crippen molar-refractivity contribution in [3.8, 4) is 45.7 Å². The maximum atomic E-state index is 4.88. The Morgan fingerprint density at radius 1 is 0.346 bits per heavy atom. The summed E-state index contributed by atoms with van der Waals surface area (Å²) < 4.78 is 4.73. The van der Waals surface area contributed by atoms with Crippen molar-refractivity contribution in [2.75, 3.05) is 0 Å². The van der Waals surface area contributed by atoms with Crippen LogP contribution in [-0.2, 0) is 0 Å². The van der Waals surface area contributed by atoms with E-state index in [-0.39, 0.29) is 0 Å². The summed E-state index contributed by atoms with van der Waals surface area (Å²) in [5.41, 5.74) is 11.5. The predicted molar refractivity (Wildman–Crippen MR) is 214 cm³/mol. The van der Waals surface area contributed by atoms with Gasteiger partial charge in [0.15, 0.2) is 0 Å². The minimum Gasteiger partial charge on any atom is -0.309 e. The normalized spacial score (nSPS) is 11.3. The predicted octanol–water partition coefficient (Wildman–Crippen LogP) is 11.4. The van der Waals surface area contributed by atoms with E-state index < -0.39 is 0 Å². The highest BCUT2D eigenvalue weighted by Crippen LogP contribution is 2.35. The molecule has 0 saturated carbocycles. The molecule has 0 radical (unpaired) electrons. The van der Waals surface area contributed by atoms with Crippen molar-refractivity contribution in [2.24, 2.45) is 0 Å². The van der Waals surface area contributed by atoms with E-state index in [0.29, 0.717) is 5.82 Å². The lowest BCUT2D eigenvalue weighted by Gasteiger charge is -2.12. The fraction of sp³-hybridized carbons (Fsp3) is 0. The fourth-order valence-corrected chi connectivity index (χ4v) is 7.45. The summed E-state index contributed by atoms with van der Waals surface area (Å²) >= 11 is 0. The molecule has 0 spiro atoms. The number of fused-ring (bicyclic) bond motifs is 6. The van der Waals surface area contributed by atoms with E-state index in [1.54, 1.807) is 0 Å². The molecular formula is C48H30N4. The minimum atomic E-state index is 0.490. The smallest absolute Gasteiger partial charge is 0.206 e. The minimum absolute atomic E-state index is 0.490. The standard InChI is InChI=1S/C48H30N4/c1-3-14-34(15-4-1)42-32-43(35-16-5-2-6-17-35)50-48(49-42)29-27-33-26-28-47-41(30-33)40-22-9-12-25-46(40)52(47)37-19-13-18-36(31-37)51-44-23-10-7-20-38(44)39-21-8-11-24-45(39)51/h1-26,28,30-32H. The Kier molecular flexibility index (Phi) is 7.01. The first-order valence-electron chi connectivity index (χ1n) is 17.4. The van der Waals surface area contributed by atoms with Gasteiger partial charge in [0, 0.05) is 49.6 Å². The zero-order chi connectivity index (χ0) is 34.4. The van der Waals surface area contributed by atoms with Crippen LogP contribution < -0.4 is 0 Å². The first-order chi connectivity index (χ1) is 25.8. The average Bonchev–Trinajstić information content (AvgIpc) is 3.73. The molecule has 0 amide bonds. The second-order valence-corrected chi connectivity index (χ2v) is 12.9. The van der Waals surface area contributed by atoms with Crippen LogP contribution in [0, 0.1) is 11.8 Å². The number of para-hydroxylation sites is 3. The molecule has 7 aromatic carbocycles. The topological polar surface area (TPSA) is 35.6 Å². The van der Waals surface area contributed by atoms with Crippen molar-refractivity contribution >= 4 is 43.6 Å². The molecule has 10 rings (SSSR count). The summed E-state index contributed by atoms with van der Waals surface area (Å²) in [4.78, 5) is 9.75. The Labute approximate surface area is 300 Å².